The van der Waals surface area contributed by atoms with Crippen molar-refractivity contribution in [2.45, 2.75) is 19.4 Å². The van der Waals surface area contributed by atoms with Crippen molar-refractivity contribution in [2.24, 2.45) is 5.92 Å². The Kier molecular flexibility index (Phi) is 4.04. The van der Waals surface area contributed by atoms with E-state index in [9.17, 15) is 4.79 Å². The number of hydrogen-bond donors (Lipinski definition) is 1. The van der Waals surface area contributed by atoms with E-state index in [1.165, 1.54) is 6.33 Å². The van der Waals surface area contributed by atoms with E-state index in [1.807, 2.05) is 15.8 Å². The Morgan fingerprint density at radius 2 is 2.38 bits per heavy atom. The van der Waals surface area contributed by atoms with E-state index in [1.54, 1.807) is 18.5 Å². The van der Waals surface area contributed by atoms with E-state index in [4.69, 9.17) is 0 Å². The zero-order chi connectivity index (χ0) is 14.5. The molecule has 1 aliphatic rings. The highest BCUT2D eigenvalue weighted by atomic mass is 16.2. The number of carbonyl (C=O) groups is 1. The molecule has 0 aliphatic carbocycles. The molecule has 0 bridgehead atoms. The molecule has 0 spiro atoms. The molecule has 0 radical (unpaired) electrons. The van der Waals surface area contributed by atoms with E-state index < -0.39 is 0 Å². The van der Waals surface area contributed by atoms with Crippen molar-refractivity contribution in [1.82, 2.24) is 29.9 Å². The lowest BCUT2D eigenvalue weighted by atomic mass is 9.98. The maximum atomic E-state index is 12.2. The van der Waals surface area contributed by atoms with Crippen molar-refractivity contribution in [3.63, 3.8) is 0 Å². The van der Waals surface area contributed by atoms with Gasteiger partial charge in [0.1, 0.15) is 12.1 Å². The van der Waals surface area contributed by atoms with E-state index >= 15 is 0 Å². The maximum Gasteiger partial charge on any atom is 0.323 e. The van der Waals surface area contributed by atoms with Crippen LogP contribution in [-0.4, -0.2) is 49.0 Å². The highest BCUT2D eigenvalue weighted by Crippen LogP contribution is 2.18. The normalized spacial score (nSPS) is 18.5. The number of rotatable bonds is 3. The third-order valence-corrected chi connectivity index (χ3v) is 3.54. The topological polar surface area (TPSA) is 88.8 Å². The fraction of sp³-hybridized carbons (Fsp3) is 0.462. The monoisotopic (exact) mass is 287 g/mol. The predicted octanol–water partition coefficient (Wildman–Crippen LogP) is 1.01. The summed E-state index contributed by atoms with van der Waals surface area (Å²) < 4.78 is 1.82. The van der Waals surface area contributed by atoms with Crippen molar-refractivity contribution >= 4 is 11.8 Å². The largest absolute Gasteiger partial charge is 0.324 e. The van der Waals surface area contributed by atoms with Gasteiger partial charge in [0, 0.05) is 32.0 Å². The number of carbonyl (C=O) groups excluding carboxylic acids is 1. The number of nitrogens with zero attached hydrogens (tertiary/aromatic N) is 6. The van der Waals surface area contributed by atoms with E-state index in [0.29, 0.717) is 11.7 Å². The number of urea groups is 1. The lowest BCUT2D eigenvalue weighted by Crippen LogP contribution is -2.43. The molecule has 2 aromatic rings. The number of anilines is 1. The minimum absolute atomic E-state index is 0.114. The smallest absolute Gasteiger partial charge is 0.323 e. The highest BCUT2D eigenvalue weighted by molar-refractivity contribution is 5.88. The molecule has 21 heavy (non-hydrogen) atoms. The summed E-state index contributed by atoms with van der Waals surface area (Å²) in [6, 6.07) is 1.56. The second-order valence-electron chi connectivity index (χ2n) is 5.10. The molecule has 1 fully saturated rings. The van der Waals surface area contributed by atoms with Crippen LogP contribution in [-0.2, 0) is 6.54 Å². The lowest BCUT2D eigenvalue weighted by molar-refractivity contribution is 0.168. The van der Waals surface area contributed by atoms with Crippen LogP contribution in [0.4, 0.5) is 10.6 Å². The second kappa shape index (κ2) is 6.29. The Labute approximate surface area is 122 Å². The first kappa shape index (κ1) is 13.5. The van der Waals surface area contributed by atoms with Crippen LogP contribution in [0.15, 0.2) is 31.0 Å². The minimum Gasteiger partial charge on any atom is -0.324 e. The summed E-state index contributed by atoms with van der Waals surface area (Å²) in [6.07, 6.45) is 8.63. The molecule has 2 amide bonds. The molecular formula is C13H17N7O. The standard InChI is InChI=1S/C13H17N7O/c21-13(17-12-3-4-14-10-15-12)19-6-1-2-11(8-19)9-20-7-5-16-18-20/h3-5,7,10-11H,1-2,6,8-9H2,(H,14,15,17,21)/t11-/m0/s1. The molecule has 0 unspecified atom stereocenters. The SMILES string of the molecule is O=C(Nc1ccncn1)N1CCC[C@H](Cn2ccnn2)C1. The number of hydrogen-bond acceptors (Lipinski definition) is 5. The minimum atomic E-state index is -0.114. The Morgan fingerprint density at radius 1 is 1.43 bits per heavy atom. The van der Waals surface area contributed by atoms with Gasteiger partial charge in [-0.2, -0.15) is 0 Å². The quantitative estimate of drug-likeness (QED) is 0.910. The van der Waals surface area contributed by atoms with Crippen molar-refractivity contribution in [1.29, 1.82) is 0 Å². The Balaban J connectivity index is 1.56. The van der Waals surface area contributed by atoms with Gasteiger partial charge in [-0.05, 0) is 24.8 Å². The number of piperidine rings is 1. The summed E-state index contributed by atoms with van der Waals surface area (Å²) in [5.41, 5.74) is 0. The lowest BCUT2D eigenvalue weighted by Gasteiger charge is -2.32. The van der Waals surface area contributed by atoms with Gasteiger partial charge in [-0.1, -0.05) is 5.21 Å². The van der Waals surface area contributed by atoms with Crippen molar-refractivity contribution in [3.05, 3.63) is 31.0 Å². The van der Waals surface area contributed by atoms with Crippen molar-refractivity contribution in [3.8, 4) is 0 Å². The number of aromatic nitrogens is 5. The molecule has 1 atom stereocenters. The Morgan fingerprint density at radius 3 is 3.14 bits per heavy atom. The average molecular weight is 287 g/mol. The van der Waals surface area contributed by atoms with Gasteiger partial charge in [0.05, 0.1) is 6.20 Å². The number of nitrogens with one attached hydrogen (secondary N) is 1. The molecule has 2 aromatic heterocycles. The van der Waals surface area contributed by atoms with E-state index in [2.05, 4.69) is 25.6 Å². The van der Waals surface area contributed by atoms with E-state index in [-0.39, 0.29) is 6.03 Å². The summed E-state index contributed by atoms with van der Waals surface area (Å²) in [6.45, 7) is 2.28. The molecule has 8 nitrogen and oxygen atoms in total. The van der Waals surface area contributed by atoms with Crippen molar-refractivity contribution in [2.75, 3.05) is 18.4 Å². The van der Waals surface area contributed by atoms with Crippen LogP contribution in [0.1, 0.15) is 12.8 Å². The average Bonchev–Trinajstić information content (AvgIpc) is 3.01. The van der Waals surface area contributed by atoms with Gasteiger partial charge in [-0.15, -0.1) is 5.10 Å². The first-order valence-corrected chi connectivity index (χ1v) is 6.97. The van der Waals surface area contributed by atoms with Crippen LogP contribution in [0.25, 0.3) is 0 Å². The Hall–Kier alpha value is -2.51. The third-order valence-electron chi connectivity index (χ3n) is 3.54. The summed E-state index contributed by atoms with van der Waals surface area (Å²) in [4.78, 5) is 21.9. The molecule has 1 aliphatic heterocycles. The van der Waals surface area contributed by atoms with Gasteiger partial charge in [0.15, 0.2) is 0 Å². The van der Waals surface area contributed by atoms with Gasteiger partial charge in [-0.25, -0.2) is 14.8 Å². The van der Waals surface area contributed by atoms with Gasteiger partial charge in [0.25, 0.3) is 0 Å². The first-order valence-electron chi connectivity index (χ1n) is 6.97. The van der Waals surface area contributed by atoms with Crippen LogP contribution in [0.5, 0.6) is 0 Å². The van der Waals surface area contributed by atoms with Crippen LogP contribution >= 0.6 is 0 Å². The molecule has 3 rings (SSSR count). The van der Waals surface area contributed by atoms with Gasteiger partial charge in [-0.3, -0.25) is 10.00 Å². The zero-order valence-electron chi connectivity index (χ0n) is 11.6. The summed E-state index contributed by atoms with van der Waals surface area (Å²) >= 11 is 0. The molecular weight excluding hydrogens is 270 g/mol. The Bertz CT molecular complexity index is 571. The van der Waals surface area contributed by atoms with Crippen molar-refractivity contribution < 1.29 is 4.79 Å². The summed E-state index contributed by atoms with van der Waals surface area (Å²) in [5, 5.41) is 10.6. The first-order chi connectivity index (χ1) is 10.3. The predicted molar refractivity (Wildman–Crippen MR) is 75.4 cm³/mol. The van der Waals surface area contributed by atoms with E-state index in [0.717, 1.165) is 32.5 Å². The fourth-order valence-electron chi connectivity index (χ4n) is 2.55. The summed E-state index contributed by atoms with van der Waals surface area (Å²) in [5.74, 6) is 0.921. The molecule has 0 aromatic carbocycles. The van der Waals surface area contributed by atoms with Gasteiger partial charge < -0.3 is 4.90 Å². The van der Waals surface area contributed by atoms with Crippen LogP contribution in [0.3, 0.4) is 0 Å². The van der Waals surface area contributed by atoms with Crippen LogP contribution in [0, 0.1) is 5.92 Å². The van der Waals surface area contributed by atoms with Crippen LogP contribution in [0.2, 0.25) is 0 Å². The molecule has 3 heterocycles. The molecule has 0 saturated carbocycles. The molecule has 1 N–H and O–H groups in total. The van der Waals surface area contributed by atoms with Gasteiger partial charge >= 0.3 is 6.03 Å². The number of likely N-dealkylation sites (tertiary alicyclic amines) is 1. The van der Waals surface area contributed by atoms with Gasteiger partial charge in [0.2, 0.25) is 0 Å². The zero-order valence-corrected chi connectivity index (χ0v) is 11.6. The maximum absolute atomic E-state index is 12.2. The number of amides is 2. The fourth-order valence-corrected chi connectivity index (χ4v) is 2.55. The summed E-state index contributed by atoms with van der Waals surface area (Å²) in [7, 11) is 0. The second-order valence-corrected chi connectivity index (χ2v) is 5.10. The third kappa shape index (κ3) is 3.53. The molecule has 8 heteroatoms. The molecule has 1 saturated heterocycles. The molecule has 110 valence electrons. The van der Waals surface area contributed by atoms with Crippen LogP contribution < -0.4 is 5.32 Å². The highest BCUT2D eigenvalue weighted by Gasteiger charge is 2.24.